The van der Waals surface area contributed by atoms with Crippen molar-refractivity contribution in [3.63, 3.8) is 0 Å². The van der Waals surface area contributed by atoms with Crippen LogP contribution in [-0.2, 0) is 7.05 Å². The second-order valence-corrected chi connectivity index (χ2v) is 3.54. The van der Waals surface area contributed by atoms with Crippen LogP contribution >= 0.6 is 15.9 Å². The van der Waals surface area contributed by atoms with E-state index in [1.807, 2.05) is 6.92 Å². The topological polar surface area (TPSA) is 50.8 Å². The molecule has 0 aliphatic rings. The normalized spacial score (nSPS) is 12.2. The fourth-order valence-electron chi connectivity index (χ4n) is 1.25. The van der Waals surface area contributed by atoms with Crippen LogP contribution in [0.1, 0.15) is 16.1 Å². The zero-order chi connectivity index (χ0) is 10.0. The summed E-state index contributed by atoms with van der Waals surface area (Å²) in [5.74, 6) is 0.626. The van der Waals surface area contributed by atoms with Crippen molar-refractivity contribution in [3.8, 4) is 11.9 Å². The predicted octanol–water partition coefficient (Wildman–Crippen LogP) is 1.70. The number of nitriles is 1. The molecule has 0 aliphatic heterocycles. The molecule has 0 saturated heterocycles. The lowest BCUT2D eigenvalue weighted by Gasteiger charge is -2.04. The van der Waals surface area contributed by atoms with Gasteiger partial charge in [-0.05, 0) is 6.92 Å². The number of aryl methyl sites for hydroxylation is 2. The fourth-order valence-corrected chi connectivity index (χ4v) is 1.78. The molecule has 5 heteroatoms. The molecule has 70 valence electrons. The van der Waals surface area contributed by atoms with Crippen molar-refractivity contribution < 1.29 is 4.74 Å². The number of aromatic nitrogens is 2. The van der Waals surface area contributed by atoms with Gasteiger partial charge in [0, 0.05) is 7.05 Å². The molecule has 0 aliphatic carbocycles. The second-order valence-electron chi connectivity index (χ2n) is 2.62. The molecule has 1 atom stereocenters. The Morgan fingerprint density at radius 3 is 2.77 bits per heavy atom. The lowest BCUT2D eigenvalue weighted by atomic mass is 10.2. The third-order valence-corrected chi connectivity index (χ3v) is 2.44. The lowest BCUT2D eigenvalue weighted by molar-refractivity contribution is 0.370. The predicted molar refractivity (Wildman–Crippen MR) is 51.8 cm³/mol. The molecule has 1 aromatic rings. The van der Waals surface area contributed by atoms with E-state index in [1.165, 1.54) is 0 Å². The second kappa shape index (κ2) is 3.79. The third kappa shape index (κ3) is 1.68. The van der Waals surface area contributed by atoms with Gasteiger partial charge in [-0.15, -0.1) is 0 Å². The summed E-state index contributed by atoms with van der Waals surface area (Å²) in [5.41, 5.74) is 1.61. The van der Waals surface area contributed by atoms with Crippen LogP contribution in [-0.4, -0.2) is 16.9 Å². The maximum absolute atomic E-state index is 8.75. The highest BCUT2D eigenvalue weighted by Gasteiger charge is 2.20. The Morgan fingerprint density at radius 1 is 1.69 bits per heavy atom. The van der Waals surface area contributed by atoms with Gasteiger partial charge in [-0.1, -0.05) is 15.9 Å². The van der Waals surface area contributed by atoms with Gasteiger partial charge in [-0.2, -0.15) is 10.4 Å². The van der Waals surface area contributed by atoms with E-state index in [0.29, 0.717) is 5.88 Å². The van der Waals surface area contributed by atoms with Crippen LogP contribution in [0.4, 0.5) is 0 Å². The number of rotatable bonds is 2. The molecule has 0 radical (unpaired) electrons. The van der Waals surface area contributed by atoms with Crippen LogP contribution in [0.5, 0.6) is 5.88 Å². The standard InChI is InChI=1S/C8H10BrN3O/c1-5-7(6(9)4-10)8(13-3)12(2)11-5/h6H,1-3H3. The van der Waals surface area contributed by atoms with Crippen molar-refractivity contribution >= 4 is 15.9 Å². The Hall–Kier alpha value is -1.02. The number of alkyl halides is 1. The van der Waals surface area contributed by atoms with Crippen LogP contribution in [0.2, 0.25) is 0 Å². The van der Waals surface area contributed by atoms with E-state index in [-0.39, 0.29) is 4.83 Å². The first-order valence-corrected chi connectivity index (χ1v) is 4.64. The van der Waals surface area contributed by atoms with Gasteiger partial charge in [0.1, 0.15) is 4.83 Å². The van der Waals surface area contributed by atoms with Gasteiger partial charge in [-0.25, -0.2) is 4.68 Å². The summed E-state index contributed by atoms with van der Waals surface area (Å²) < 4.78 is 6.76. The summed E-state index contributed by atoms with van der Waals surface area (Å²) in [6, 6.07) is 2.09. The molecule has 0 amide bonds. The first kappa shape index (κ1) is 10.1. The SMILES string of the molecule is COc1c(C(Br)C#N)c(C)nn1C. The molecule has 0 fully saturated rings. The number of hydrogen-bond acceptors (Lipinski definition) is 3. The van der Waals surface area contributed by atoms with Crippen LogP contribution in [0.15, 0.2) is 0 Å². The van der Waals surface area contributed by atoms with Crippen molar-refractivity contribution in [1.29, 1.82) is 5.26 Å². The number of halogens is 1. The van der Waals surface area contributed by atoms with E-state index < -0.39 is 0 Å². The van der Waals surface area contributed by atoms with Gasteiger partial charge < -0.3 is 4.74 Å². The zero-order valence-corrected chi connectivity index (χ0v) is 9.29. The van der Waals surface area contributed by atoms with Crippen molar-refractivity contribution in [1.82, 2.24) is 9.78 Å². The maximum Gasteiger partial charge on any atom is 0.217 e. The van der Waals surface area contributed by atoms with Crippen molar-refractivity contribution in [2.45, 2.75) is 11.8 Å². The van der Waals surface area contributed by atoms with E-state index in [2.05, 4.69) is 27.1 Å². The minimum Gasteiger partial charge on any atom is -0.481 e. The number of methoxy groups -OCH3 is 1. The Bertz CT molecular complexity index is 353. The minimum atomic E-state index is -0.365. The van der Waals surface area contributed by atoms with Crippen LogP contribution < -0.4 is 4.74 Å². The highest BCUT2D eigenvalue weighted by atomic mass is 79.9. The molecule has 13 heavy (non-hydrogen) atoms. The van der Waals surface area contributed by atoms with Crippen LogP contribution in [0.3, 0.4) is 0 Å². The first-order valence-electron chi connectivity index (χ1n) is 3.73. The summed E-state index contributed by atoms with van der Waals surface area (Å²) in [6.45, 7) is 1.85. The number of ether oxygens (including phenoxy) is 1. The molecular formula is C8H10BrN3O. The smallest absolute Gasteiger partial charge is 0.217 e. The summed E-state index contributed by atoms with van der Waals surface area (Å²) in [4.78, 5) is -0.365. The molecule has 0 spiro atoms. The maximum atomic E-state index is 8.75. The largest absolute Gasteiger partial charge is 0.481 e. The zero-order valence-electron chi connectivity index (χ0n) is 7.71. The van der Waals surface area contributed by atoms with E-state index in [1.54, 1.807) is 18.8 Å². The summed E-state index contributed by atoms with van der Waals surface area (Å²) >= 11 is 3.25. The van der Waals surface area contributed by atoms with Gasteiger partial charge in [0.2, 0.25) is 5.88 Å². The van der Waals surface area contributed by atoms with Crippen molar-refractivity contribution in [3.05, 3.63) is 11.3 Å². The Labute approximate surface area is 85.2 Å². The van der Waals surface area contributed by atoms with Gasteiger partial charge in [0.05, 0.1) is 24.4 Å². The minimum absolute atomic E-state index is 0.365. The molecule has 1 aromatic heterocycles. The van der Waals surface area contributed by atoms with E-state index in [9.17, 15) is 0 Å². The Kier molecular flexibility index (Phi) is 2.94. The Morgan fingerprint density at radius 2 is 2.31 bits per heavy atom. The van der Waals surface area contributed by atoms with Gasteiger partial charge in [0.15, 0.2) is 0 Å². The van der Waals surface area contributed by atoms with Crippen LogP contribution in [0.25, 0.3) is 0 Å². The van der Waals surface area contributed by atoms with E-state index >= 15 is 0 Å². The Balaban J connectivity index is 3.26. The first-order chi connectivity index (χ1) is 6.11. The molecule has 1 heterocycles. The highest BCUT2D eigenvalue weighted by Crippen LogP contribution is 2.32. The van der Waals surface area contributed by atoms with Crippen molar-refractivity contribution in [2.24, 2.45) is 7.05 Å². The summed E-state index contributed by atoms with van der Waals surface area (Å²) in [5, 5.41) is 12.9. The molecule has 0 aromatic carbocycles. The summed E-state index contributed by atoms with van der Waals surface area (Å²) in [7, 11) is 3.35. The van der Waals surface area contributed by atoms with Gasteiger partial charge in [-0.3, -0.25) is 0 Å². The molecule has 4 nitrogen and oxygen atoms in total. The molecule has 1 unspecified atom stereocenters. The average molecular weight is 244 g/mol. The van der Waals surface area contributed by atoms with E-state index in [4.69, 9.17) is 10.00 Å². The molecule has 0 saturated carbocycles. The van der Waals surface area contributed by atoms with Crippen LogP contribution in [0, 0.1) is 18.3 Å². The van der Waals surface area contributed by atoms with Gasteiger partial charge in [0.25, 0.3) is 0 Å². The third-order valence-electron chi connectivity index (χ3n) is 1.77. The quantitative estimate of drug-likeness (QED) is 0.744. The average Bonchev–Trinajstić information content (AvgIpc) is 2.39. The molecule has 1 rings (SSSR count). The van der Waals surface area contributed by atoms with Gasteiger partial charge >= 0.3 is 0 Å². The highest BCUT2D eigenvalue weighted by molar-refractivity contribution is 9.09. The summed E-state index contributed by atoms with van der Waals surface area (Å²) in [6.07, 6.45) is 0. The monoisotopic (exact) mass is 243 g/mol. The fraction of sp³-hybridized carbons (Fsp3) is 0.500. The van der Waals surface area contributed by atoms with E-state index in [0.717, 1.165) is 11.3 Å². The molecular weight excluding hydrogens is 234 g/mol. The molecule has 0 bridgehead atoms. The number of nitrogens with zero attached hydrogens (tertiary/aromatic N) is 3. The number of hydrogen-bond donors (Lipinski definition) is 0. The molecule has 0 N–H and O–H groups in total. The lowest BCUT2D eigenvalue weighted by Crippen LogP contribution is -1.97. The van der Waals surface area contributed by atoms with Crippen molar-refractivity contribution in [2.75, 3.05) is 7.11 Å².